The molecule has 1 amide bonds. The molecule has 2 aromatic carbocycles. The number of hydrogen-bond acceptors (Lipinski definition) is 12. The Kier molecular flexibility index (Phi) is 7.79. The van der Waals surface area contributed by atoms with Gasteiger partial charge in [0.05, 0.1) is 11.0 Å². The smallest absolute Gasteiger partial charge is 0.343 e. The van der Waals surface area contributed by atoms with Gasteiger partial charge in [-0.1, -0.05) is 36.4 Å². The zero-order valence-corrected chi connectivity index (χ0v) is 25.0. The summed E-state index contributed by atoms with van der Waals surface area (Å²) in [6.07, 6.45) is -5.12. The van der Waals surface area contributed by atoms with Crippen molar-refractivity contribution in [3.63, 3.8) is 0 Å². The van der Waals surface area contributed by atoms with Crippen molar-refractivity contribution in [3.8, 4) is 11.5 Å². The second-order valence-electron chi connectivity index (χ2n) is 12.2. The molecule has 2 bridgehead atoms. The zero-order chi connectivity index (χ0) is 33.1. The summed E-state index contributed by atoms with van der Waals surface area (Å²) in [6, 6.07) is 9.35. The SMILES string of the molecule is C[C@H](OC(=O)[C@H](O)[C@@H](O)C(=O)OC1=CC[C@@]2(O)[C@H]3Cc4ccc(O)c5c4[C@@]2(CCN3C)[C@H]1O5)C(=O)N[C@H](C(=O)O)c1ccccc1. The molecule has 2 aliphatic carbocycles. The second-order valence-corrected chi connectivity index (χ2v) is 12.2. The van der Waals surface area contributed by atoms with E-state index in [1.54, 1.807) is 24.3 Å². The molecule has 2 aromatic rings. The van der Waals surface area contributed by atoms with Gasteiger partial charge in [-0.05, 0) is 56.6 Å². The fourth-order valence-corrected chi connectivity index (χ4v) is 7.36. The van der Waals surface area contributed by atoms with E-state index in [4.69, 9.17) is 14.2 Å². The molecule has 0 aromatic heterocycles. The van der Waals surface area contributed by atoms with Gasteiger partial charge in [-0.25, -0.2) is 14.4 Å². The van der Waals surface area contributed by atoms with Crippen molar-refractivity contribution in [3.05, 3.63) is 71.0 Å². The molecule has 244 valence electrons. The number of benzene rings is 2. The number of carboxylic acid groups (broad SMARTS) is 1. The van der Waals surface area contributed by atoms with Crippen LogP contribution in [0.3, 0.4) is 0 Å². The van der Waals surface area contributed by atoms with Crippen molar-refractivity contribution in [2.75, 3.05) is 13.6 Å². The fraction of sp³-hybridized carbons (Fsp3) is 0.438. The minimum Gasteiger partial charge on any atom is -0.504 e. The van der Waals surface area contributed by atoms with E-state index in [1.165, 1.54) is 24.3 Å². The maximum absolute atomic E-state index is 13.0. The molecular weight excluding hydrogens is 604 g/mol. The maximum atomic E-state index is 13.0. The summed E-state index contributed by atoms with van der Waals surface area (Å²) in [5, 5.41) is 55.6. The number of rotatable bonds is 9. The van der Waals surface area contributed by atoms with E-state index in [-0.39, 0.29) is 35.3 Å². The molecule has 8 atom stereocenters. The van der Waals surface area contributed by atoms with E-state index >= 15 is 0 Å². The average Bonchev–Trinajstić information content (AvgIpc) is 3.39. The molecule has 46 heavy (non-hydrogen) atoms. The Morgan fingerprint density at radius 3 is 2.46 bits per heavy atom. The first kappa shape index (κ1) is 31.5. The van der Waals surface area contributed by atoms with Crippen molar-refractivity contribution in [2.24, 2.45) is 0 Å². The third kappa shape index (κ3) is 4.71. The highest BCUT2D eigenvalue weighted by molar-refractivity contribution is 5.90. The number of carboxylic acids is 1. The van der Waals surface area contributed by atoms with Crippen LogP contribution in [0.1, 0.15) is 42.5 Å². The molecule has 6 N–H and O–H groups in total. The summed E-state index contributed by atoms with van der Waals surface area (Å²) in [7, 11) is 1.92. The summed E-state index contributed by atoms with van der Waals surface area (Å²) < 4.78 is 16.6. The highest BCUT2D eigenvalue weighted by atomic mass is 16.6. The van der Waals surface area contributed by atoms with Gasteiger partial charge in [0.2, 0.25) is 0 Å². The van der Waals surface area contributed by atoms with Crippen LogP contribution in [0.25, 0.3) is 0 Å². The minimum atomic E-state index is -2.47. The molecule has 6 rings (SSSR count). The predicted molar refractivity (Wildman–Crippen MR) is 155 cm³/mol. The fourth-order valence-electron chi connectivity index (χ4n) is 7.36. The molecule has 14 heteroatoms. The van der Waals surface area contributed by atoms with Crippen molar-refractivity contribution in [2.45, 2.75) is 73.7 Å². The summed E-state index contributed by atoms with van der Waals surface area (Å²) in [4.78, 5) is 52.1. The largest absolute Gasteiger partial charge is 0.504 e. The number of nitrogens with one attached hydrogen (secondary N) is 1. The molecule has 1 saturated heterocycles. The van der Waals surface area contributed by atoms with Gasteiger partial charge in [0.15, 0.2) is 42.0 Å². The first-order valence-corrected chi connectivity index (χ1v) is 14.8. The summed E-state index contributed by atoms with van der Waals surface area (Å²) in [5.41, 5.74) is -0.598. The van der Waals surface area contributed by atoms with Crippen LogP contribution in [0, 0.1) is 0 Å². The number of aromatic hydroxyl groups is 1. The molecule has 1 fully saturated rings. The second kappa shape index (κ2) is 11.4. The lowest BCUT2D eigenvalue weighted by molar-refractivity contribution is -0.181. The van der Waals surface area contributed by atoms with Crippen molar-refractivity contribution < 1.29 is 58.9 Å². The Bertz CT molecular complexity index is 1630. The van der Waals surface area contributed by atoms with E-state index in [9.17, 15) is 44.7 Å². The zero-order valence-electron chi connectivity index (χ0n) is 25.0. The molecule has 0 saturated carbocycles. The average molecular weight is 639 g/mol. The number of amides is 1. The van der Waals surface area contributed by atoms with Crippen LogP contribution in [0.15, 0.2) is 54.3 Å². The normalized spacial score (nSPS) is 28.3. The number of hydrogen-bond donors (Lipinski definition) is 6. The molecular formula is C32H34N2O12. The number of ether oxygens (including phenoxy) is 3. The van der Waals surface area contributed by atoms with E-state index < -0.39 is 65.3 Å². The standard InChI is InChI=1S/C32H34N2O12/c1-15(27(38)33-22(28(39)40)16-6-4-3-5-7-16)44-29(41)23(36)24(37)30(42)45-19-10-11-32(43)20-14-17-8-9-18(35)25-21(17)31(32,26(19)46-25)12-13-34(20)2/h3-10,15,20,22-24,26,35-37,43H,11-14H2,1-2H3,(H,33,38)(H,39,40)/t15-,20+,22-,23+,24+,26-,31-,32+/m0/s1. The van der Waals surface area contributed by atoms with Gasteiger partial charge in [-0.3, -0.25) is 4.79 Å². The van der Waals surface area contributed by atoms with Crippen LogP contribution in [-0.2, 0) is 40.5 Å². The van der Waals surface area contributed by atoms with Crippen LogP contribution in [0.4, 0.5) is 0 Å². The van der Waals surface area contributed by atoms with Crippen molar-refractivity contribution >= 4 is 23.8 Å². The number of carbonyl (C=O) groups is 4. The first-order valence-electron chi connectivity index (χ1n) is 14.8. The number of phenolic OH excluding ortho intramolecular Hbond substituents is 1. The number of aliphatic hydroxyl groups is 3. The van der Waals surface area contributed by atoms with Gasteiger partial charge in [-0.2, -0.15) is 0 Å². The lowest BCUT2D eigenvalue weighted by Gasteiger charge is -2.61. The topological polar surface area (TPSA) is 212 Å². The molecule has 2 heterocycles. The van der Waals surface area contributed by atoms with Crippen LogP contribution < -0.4 is 10.1 Å². The molecule has 2 aliphatic heterocycles. The number of phenols is 1. The molecule has 4 aliphatic rings. The first-order chi connectivity index (χ1) is 21.8. The summed E-state index contributed by atoms with van der Waals surface area (Å²) in [5.74, 6) is -5.34. The number of likely N-dealkylation sites (tertiary alicyclic amines) is 1. The van der Waals surface area contributed by atoms with Crippen LogP contribution >= 0.6 is 0 Å². The van der Waals surface area contributed by atoms with Gasteiger partial charge in [0.1, 0.15) is 5.76 Å². The molecule has 0 unspecified atom stereocenters. The minimum absolute atomic E-state index is 0.0607. The Morgan fingerprint density at radius 2 is 1.76 bits per heavy atom. The van der Waals surface area contributed by atoms with Crippen LogP contribution in [0.2, 0.25) is 0 Å². The van der Waals surface area contributed by atoms with Crippen molar-refractivity contribution in [1.82, 2.24) is 10.2 Å². The number of nitrogens with zero attached hydrogens (tertiary/aromatic N) is 1. The Morgan fingerprint density at radius 1 is 1.07 bits per heavy atom. The van der Waals surface area contributed by atoms with Gasteiger partial charge in [0.25, 0.3) is 5.91 Å². The maximum Gasteiger partial charge on any atom is 0.343 e. The van der Waals surface area contributed by atoms with Gasteiger partial charge in [-0.15, -0.1) is 0 Å². The highest BCUT2D eigenvalue weighted by Gasteiger charge is 2.72. The Hall–Kier alpha value is -4.50. The third-order valence-corrected chi connectivity index (χ3v) is 9.68. The lowest BCUT2D eigenvalue weighted by atomic mass is 9.50. The number of aliphatic carboxylic acids is 1. The van der Waals surface area contributed by atoms with E-state index in [2.05, 4.69) is 10.2 Å². The molecule has 14 nitrogen and oxygen atoms in total. The Balaban J connectivity index is 1.14. The number of esters is 2. The van der Waals surface area contributed by atoms with Gasteiger partial charge < -0.3 is 50.0 Å². The summed E-state index contributed by atoms with van der Waals surface area (Å²) in [6.45, 7) is 1.71. The third-order valence-electron chi connectivity index (χ3n) is 9.68. The van der Waals surface area contributed by atoms with Crippen LogP contribution in [0.5, 0.6) is 11.5 Å². The van der Waals surface area contributed by atoms with E-state index in [0.29, 0.717) is 24.9 Å². The van der Waals surface area contributed by atoms with Gasteiger partial charge >= 0.3 is 17.9 Å². The number of aliphatic hydroxyl groups excluding tert-OH is 2. The molecule has 1 spiro atoms. The monoisotopic (exact) mass is 638 g/mol. The lowest BCUT2D eigenvalue weighted by Crippen LogP contribution is -2.74. The van der Waals surface area contributed by atoms with Gasteiger partial charge in [0, 0.05) is 18.0 Å². The quantitative estimate of drug-likeness (QED) is 0.197. The summed E-state index contributed by atoms with van der Waals surface area (Å²) >= 11 is 0. The number of carbonyl (C=O) groups excluding carboxylic acids is 3. The van der Waals surface area contributed by atoms with E-state index in [0.717, 1.165) is 12.5 Å². The van der Waals surface area contributed by atoms with E-state index in [1.807, 2.05) is 7.05 Å². The van der Waals surface area contributed by atoms with Crippen molar-refractivity contribution in [1.29, 1.82) is 0 Å². The predicted octanol–water partition coefficient (Wildman–Crippen LogP) is -0.191. The number of likely N-dealkylation sites (N-methyl/N-ethyl adjacent to an activating group) is 1. The number of piperidine rings is 1. The highest BCUT2D eigenvalue weighted by Crippen LogP contribution is 2.65. The molecule has 0 radical (unpaired) electrons. The Labute approximate surface area is 262 Å². The van der Waals surface area contributed by atoms with Crippen LogP contribution in [-0.4, -0.2) is 104 Å².